The van der Waals surface area contributed by atoms with Gasteiger partial charge in [0, 0.05) is 24.8 Å². The van der Waals surface area contributed by atoms with Crippen molar-refractivity contribution in [2.45, 2.75) is 117 Å². The number of nitrogens with one attached hydrogen (secondary N) is 2. The van der Waals surface area contributed by atoms with E-state index in [9.17, 15) is 0 Å². The molecule has 6 heteroatoms. The lowest BCUT2D eigenvalue weighted by atomic mass is 9.97. The third kappa shape index (κ3) is 8.97. The molecule has 1 aliphatic rings. The minimum atomic E-state index is 0.434. The molecule has 0 saturated heterocycles. The van der Waals surface area contributed by atoms with Crippen LogP contribution in [0.4, 0.5) is 23.5 Å². The highest BCUT2D eigenvalue weighted by atomic mass is 15.3. The third-order valence-electron chi connectivity index (χ3n) is 7.50. The first kappa shape index (κ1) is 27.2. The topological polar surface area (TPSA) is 66.0 Å². The first-order chi connectivity index (χ1) is 17.0. The highest BCUT2D eigenvalue weighted by molar-refractivity contribution is 5.57. The smallest absolute Gasteiger partial charge is 0.233 e. The van der Waals surface area contributed by atoms with Gasteiger partial charge in [-0.25, -0.2) is 0 Å². The van der Waals surface area contributed by atoms with Crippen LogP contribution in [-0.4, -0.2) is 34.1 Å². The van der Waals surface area contributed by atoms with Crippen molar-refractivity contribution in [3.63, 3.8) is 0 Å². The van der Waals surface area contributed by atoms with Gasteiger partial charge in [0.25, 0.3) is 0 Å². The second-order valence-corrected chi connectivity index (χ2v) is 10.6. The van der Waals surface area contributed by atoms with Crippen LogP contribution >= 0.6 is 0 Å². The van der Waals surface area contributed by atoms with Gasteiger partial charge in [0.05, 0.1) is 0 Å². The monoisotopic (exact) mass is 480 g/mol. The Labute approximate surface area is 213 Å². The van der Waals surface area contributed by atoms with Crippen molar-refractivity contribution < 1.29 is 0 Å². The van der Waals surface area contributed by atoms with Crippen molar-refractivity contribution in [2.75, 3.05) is 22.6 Å². The number of benzene rings is 1. The molecule has 1 saturated carbocycles. The van der Waals surface area contributed by atoms with Crippen LogP contribution in [0.15, 0.2) is 24.3 Å². The van der Waals surface area contributed by atoms with Gasteiger partial charge in [-0.2, -0.15) is 15.0 Å². The molecule has 1 aromatic heterocycles. The first-order valence-electron chi connectivity index (χ1n) is 14.1. The molecule has 0 amide bonds. The Bertz CT molecular complexity index is 877. The van der Waals surface area contributed by atoms with E-state index < -0.39 is 0 Å². The molecule has 35 heavy (non-hydrogen) atoms. The summed E-state index contributed by atoms with van der Waals surface area (Å²) in [5.74, 6) is 2.85. The lowest BCUT2D eigenvalue weighted by Gasteiger charge is -2.29. The molecule has 0 bridgehead atoms. The molecule has 3 rings (SSSR count). The molecule has 0 radical (unpaired) electrons. The van der Waals surface area contributed by atoms with E-state index in [1.54, 1.807) is 0 Å². The molecule has 0 spiro atoms. The van der Waals surface area contributed by atoms with Crippen LogP contribution in [0.5, 0.6) is 0 Å². The zero-order valence-electron chi connectivity index (χ0n) is 22.8. The molecule has 2 atom stereocenters. The Morgan fingerprint density at radius 2 is 1.71 bits per heavy atom. The van der Waals surface area contributed by atoms with Crippen molar-refractivity contribution in [3.8, 4) is 0 Å². The molecule has 0 aliphatic heterocycles. The van der Waals surface area contributed by atoms with Crippen LogP contribution in [0.1, 0.15) is 103 Å². The number of hydrogen-bond acceptors (Lipinski definition) is 6. The van der Waals surface area contributed by atoms with Gasteiger partial charge in [0.2, 0.25) is 17.8 Å². The van der Waals surface area contributed by atoms with E-state index in [2.05, 4.69) is 74.5 Å². The lowest BCUT2D eigenvalue weighted by Crippen LogP contribution is -2.34. The number of anilines is 4. The van der Waals surface area contributed by atoms with Gasteiger partial charge in [-0.3, -0.25) is 0 Å². The predicted molar refractivity (Wildman–Crippen MR) is 150 cm³/mol. The average molecular weight is 481 g/mol. The summed E-state index contributed by atoms with van der Waals surface area (Å²) < 4.78 is 0. The van der Waals surface area contributed by atoms with Crippen molar-refractivity contribution in [1.29, 1.82) is 0 Å². The molecule has 2 unspecified atom stereocenters. The summed E-state index contributed by atoms with van der Waals surface area (Å²) in [6, 6.07) is 9.22. The second kappa shape index (κ2) is 14.3. The van der Waals surface area contributed by atoms with Crippen molar-refractivity contribution in [2.24, 2.45) is 5.92 Å². The van der Waals surface area contributed by atoms with E-state index in [-0.39, 0.29) is 0 Å². The van der Waals surface area contributed by atoms with Crippen LogP contribution in [0.3, 0.4) is 0 Å². The fourth-order valence-electron chi connectivity index (χ4n) is 5.04. The van der Waals surface area contributed by atoms with E-state index in [1.807, 2.05) is 0 Å². The molecule has 2 aromatic rings. The van der Waals surface area contributed by atoms with Gasteiger partial charge in [-0.15, -0.1) is 0 Å². The summed E-state index contributed by atoms with van der Waals surface area (Å²) in [7, 11) is 2.16. The van der Waals surface area contributed by atoms with E-state index in [4.69, 9.17) is 15.0 Å². The molecule has 1 aliphatic carbocycles. The molecule has 1 fully saturated rings. The molecule has 1 heterocycles. The Hall–Kier alpha value is -2.37. The molecule has 2 N–H and O–H groups in total. The minimum absolute atomic E-state index is 0.434. The van der Waals surface area contributed by atoms with Gasteiger partial charge >= 0.3 is 0 Å². The summed E-state index contributed by atoms with van der Waals surface area (Å²) >= 11 is 0. The van der Waals surface area contributed by atoms with Gasteiger partial charge < -0.3 is 15.5 Å². The van der Waals surface area contributed by atoms with E-state index in [0.29, 0.717) is 24.0 Å². The Balaban J connectivity index is 1.83. The maximum atomic E-state index is 4.93. The normalized spacial score (nSPS) is 16.4. The largest absolute Gasteiger partial charge is 0.351 e. The fraction of sp³-hybridized carbons (Fsp3) is 0.690. The number of hydrogen-bond donors (Lipinski definition) is 2. The van der Waals surface area contributed by atoms with Crippen LogP contribution in [0, 0.1) is 12.8 Å². The average Bonchev–Trinajstić information content (AvgIpc) is 3.11. The maximum Gasteiger partial charge on any atom is 0.233 e. The predicted octanol–water partition coefficient (Wildman–Crippen LogP) is 7.88. The summed E-state index contributed by atoms with van der Waals surface area (Å²) in [5, 5.41) is 7.10. The standard InChI is InChI=1S/C29H48N6/c1-6-14-26(20-13-15-22(3)7-2)35(5)29-33-27(30-24-17-10-8-9-11-18-24)32-28(34-29)31-25-19-12-16-23(4)21-25/h12,16,19,21-22,24,26H,6-11,13-15,17-18,20H2,1-5H3,(H2,30,31,32,33,34). The van der Waals surface area contributed by atoms with Crippen LogP contribution in [0.25, 0.3) is 0 Å². The van der Waals surface area contributed by atoms with Gasteiger partial charge in [-0.05, 0) is 56.2 Å². The van der Waals surface area contributed by atoms with Crippen molar-refractivity contribution >= 4 is 23.5 Å². The van der Waals surface area contributed by atoms with Crippen molar-refractivity contribution in [1.82, 2.24) is 15.0 Å². The molecule has 1 aromatic carbocycles. The summed E-state index contributed by atoms with van der Waals surface area (Å²) in [4.78, 5) is 16.9. The number of rotatable bonds is 13. The van der Waals surface area contributed by atoms with Crippen molar-refractivity contribution in [3.05, 3.63) is 29.8 Å². The molecule has 194 valence electrons. The highest BCUT2D eigenvalue weighted by Gasteiger charge is 2.21. The van der Waals surface area contributed by atoms with E-state index >= 15 is 0 Å². The Kier molecular flexibility index (Phi) is 11.1. The molecular formula is C29H48N6. The van der Waals surface area contributed by atoms with E-state index in [1.165, 1.54) is 69.8 Å². The summed E-state index contributed by atoms with van der Waals surface area (Å²) in [6.07, 6.45) is 14.9. The Morgan fingerprint density at radius 3 is 2.40 bits per heavy atom. The quantitative estimate of drug-likeness (QED) is 0.284. The molecular weight excluding hydrogens is 432 g/mol. The summed E-state index contributed by atoms with van der Waals surface area (Å²) in [5.41, 5.74) is 2.21. The first-order valence-corrected chi connectivity index (χ1v) is 14.1. The summed E-state index contributed by atoms with van der Waals surface area (Å²) in [6.45, 7) is 9.02. The van der Waals surface area contributed by atoms with E-state index in [0.717, 1.165) is 30.4 Å². The van der Waals surface area contributed by atoms with Crippen LogP contribution < -0.4 is 15.5 Å². The second-order valence-electron chi connectivity index (χ2n) is 10.6. The highest BCUT2D eigenvalue weighted by Crippen LogP contribution is 2.25. The third-order valence-corrected chi connectivity index (χ3v) is 7.50. The molecule has 6 nitrogen and oxygen atoms in total. The van der Waals surface area contributed by atoms with Gasteiger partial charge in [0.1, 0.15) is 0 Å². The van der Waals surface area contributed by atoms with Crippen LogP contribution in [0.2, 0.25) is 0 Å². The number of aryl methyl sites for hydroxylation is 1. The zero-order chi connectivity index (χ0) is 25.0. The number of aromatic nitrogens is 3. The fourth-order valence-corrected chi connectivity index (χ4v) is 5.04. The minimum Gasteiger partial charge on any atom is -0.351 e. The maximum absolute atomic E-state index is 4.93. The zero-order valence-corrected chi connectivity index (χ0v) is 22.8. The SMILES string of the molecule is CCCC(CCCC(C)CC)N(C)c1nc(Nc2cccc(C)c2)nc(NC2CCCCCC2)n1. The Morgan fingerprint density at radius 1 is 0.971 bits per heavy atom. The van der Waals surface area contributed by atoms with Crippen LogP contribution in [-0.2, 0) is 0 Å². The number of nitrogens with zero attached hydrogens (tertiary/aromatic N) is 4. The van der Waals surface area contributed by atoms with Gasteiger partial charge in [0.15, 0.2) is 0 Å². The lowest BCUT2D eigenvalue weighted by molar-refractivity contribution is 0.441. The van der Waals surface area contributed by atoms with Gasteiger partial charge in [-0.1, -0.05) is 84.3 Å².